The van der Waals surface area contributed by atoms with Gasteiger partial charge in [0, 0.05) is 0 Å². The second-order valence-electron chi connectivity index (χ2n) is 5.26. The van der Waals surface area contributed by atoms with Crippen LogP contribution >= 0.6 is 0 Å². The second-order valence-corrected chi connectivity index (χ2v) is 5.26. The van der Waals surface area contributed by atoms with Gasteiger partial charge in [-0.15, -0.1) is 6.58 Å². The lowest BCUT2D eigenvalue weighted by Crippen LogP contribution is -2.51. The Balaban J connectivity index is 2.39. The number of unbranched alkanes of at least 4 members (excludes halogenated alkanes) is 2. The summed E-state index contributed by atoms with van der Waals surface area (Å²) in [4.78, 5) is 37.7. The molecule has 0 bridgehead atoms. The Hall–Kier alpha value is -2.23. The average molecular weight is 285 g/mol. The number of rotatable bonds is 7. The van der Waals surface area contributed by atoms with Gasteiger partial charge in [-0.1, -0.05) is 44.4 Å². The summed E-state index contributed by atoms with van der Waals surface area (Å²) in [6, 6.07) is 6.64. The lowest BCUT2D eigenvalue weighted by Gasteiger charge is -2.33. The Morgan fingerprint density at radius 3 is 2.14 bits per heavy atom. The van der Waals surface area contributed by atoms with Gasteiger partial charge in [-0.05, 0) is 18.6 Å². The van der Waals surface area contributed by atoms with Crippen LogP contribution in [0.15, 0.2) is 36.9 Å². The van der Waals surface area contributed by atoms with E-state index in [4.69, 9.17) is 0 Å². The maximum absolute atomic E-state index is 12.5. The van der Waals surface area contributed by atoms with E-state index in [0.717, 1.165) is 24.2 Å². The van der Waals surface area contributed by atoms with Crippen LogP contribution in [-0.4, -0.2) is 28.5 Å². The molecule has 2 rings (SSSR count). The predicted molar refractivity (Wildman–Crippen MR) is 80.1 cm³/mol. The minimum atomic E-state index is -1.25. The van der Waals surface area contributed by atoms with Crippen LogP contribution in [0.5, 0.6) is 0 Å². The highest BCUT2D eigenvalue weighted by Crippen LogP contribution is 2.32. The van der Waals surface area contributed by atoms with E-state index >= 15 is 0 Å². The van der Waals surface area contributed by atoms with E-state index in [0.29, 0.717) is 23.8 Å². The molecular formula is C17H19NO3. The number of benzene rings is 1. The number of carbonyl (C=O) groups is 3. The summed E-state index contributed by atoms with van der Waals surface area (Å²) in [7, 11) is 0. The topological polar surface area (TPSA) is 54.5 Å². The lowest BCUT2D eigenvalue weighted by atomic mass is 9.91. The first-order chi connectivity index (χ1) is 10.1. The predicted octanol–water partition coefficient (Wildman–Crippen LogP) is 2.99. The minimum absolute atomic E-state index is 0.353. The van der Waals surface area contributed by atoms with Crippen molar-refractivity contribution in [1.29, 1.82) is 0 Å². The second kappa shape index (κ2) is 6.04. The number of fused-ring (bicyclic) bond motifs is 1. The maximum atomic E-state index is 12.5. The molecule has 0 radical (unpaired) electrons. The van der Waals surface area contributed by atoms with Gasteiger partial charge in [-0.2, -0.15) is 0 Å². The molecule has 0 spiro atoms. The maximum Gasteiger partial charge on any atom is 0.262 e. The van der Waals surface area contributed by atoms with Gasteiger partial charge in [0.05, 0.1) is 11.1 Å². The Morgan fingerprint density at radius 1 is 1.14 bits per heavy atom. The summed E-state index contributed by atoms with van der Waals surface area (Å²) in [5, 5.41) is 0. The molecule has 0 saturated heterocycles. The van der Waals surface area contributed by atoms with Crippen LogP contribution in [0, 0.1) is 0 Å². The van der Waals surface area contributed by atoms with Crippen molar-refractivity contribution in [3.63, 3.8) is 0 Å². The van der Waals surface area contributed by atoms with Crippen molar-refractivity contribution in [2.75, 3.05) is 0 Å². The number of aldehydes is 1. The smallest absolute Gasteiger partial charge is 0.262 e. The number of amides is 2. The number of imide groups is 1. The molecule has 0 saturated carbocycles. The average Bonchev–Trinajstić information content (AvgIpc) is 2.78. The molecular weight excluding hydrogens is 266 g/mol. The first-order valence-electron chi connectivity index (χ1n) is 7.19. The van der Waals surface area contributed by atoms with Crippen molar-refractivity contribution in [1.82, 2.24) is 4.90 Å². The van der Waals surface area contributed by atoms with Crippen LogP contribution in [0.2, 0.25) is 0 Å². The monoisotopic (exact) mass is 285 g/mol. The van der Waals surface area contributed by atoms with Crippen molar-refractivity contribution in [3.8, 4) is 0 Å². The summed E-state index contributed by atoms with van der Waals surface area (Å²) < 4.78 is 0. The van der Waals surface area contributed by atoms with Crippen molar-refractivity contribution < 1.29 is 14.4 Å². The third-order valence-electron chi connectivity index (χ3n) is 3.95. The highest BCUT2D eigenvalue weighted by molar-refractivity contribution is 6.23. The fraction of sp³-hybridized carbons (Fsp3) is 0.353. The first-order valence-corrected chi connectivity index (χ1v) is 7.19. The van der Waals surface area contributed by atoms with Gasteiger partial charge in [-0.3, -0.25) is 14.5 Å². The van der Waals surface area contributed by atoms with Crippen LogP contribution in [-0.2, 0) is 4.79 Å². The van der Waals surface area contributed by atoms with E-state index in [1.807, 2.05) is 0 Å². The molecule has 1 aromatic rings. The molecule has 1 aliphatic rings. The molecule has 4 heteroatoms. The fourth-order valence-electron chi connectivity index (χ4n) is 2.69. The zero-order valence-electron chi connectivity index (χ0n) is 12.2. The van der Waals surface area contributed by atoms with Gasteiger partial charge in [0.15, 0.2) is 0 Å². The van der Waals surface area contributed by atoms with Crippen molar-refractivity contribution in [3.05, 3.63) is 48.0 Å². The summed E-state index contributed by atoms with van der Waals surface area (Å²) in [5.74, 6) is -0.835. The molecule has 2 amide bonds. The van der Waals surface area contributed by atoms with Crippen molar-refractivity contribution in [2.24, 2.45) is 0 Å². The Bertz CT molecular complexity index is 548. The molecule has 1 aliphatic heterocycles. The number of nitrogens with zero attached hydrogens (tertiary/aromatic N) is 1. The number of hydrogen-bond donors (Lipinski definition) is 0. The summed E-state index contributed by atoms with van der Waals surface area (Å²) >= 11 is 0. The molecule has 1 unspecified atom stereocenters. The molecule has 0 N–H and O–H groups in total. The van der Waals surface area contributed by atoms with Gasteiger partial charge in [-0.25, -0.2) is 0 Å². The van der Waals surface area contributed by atoms with Gasteiger partial charge in [0.25, 0.3) is 11.8 Å². The van der Waals surface area contributed by atoms with Crippen molar-refractivity contribution >= 4 is 18.1 Å². The molecule has 1 heterocycles. The normalized spacial score (nSPS) is 16.5. The van der Waals surface area contributed by atoms with E-state index in [2.05, 4.69) is 13.5 Å². The van der Waals surface area contributed by atoms with E-state index in [1.165, 1.54) is 6.08 Å². The van der Waals surface area contributed by atoms with Crippen LogP contribution in [0.1, 0.15) is 53.3 Å². The summed E-state index contributed by atoms with van der Waals surface area (Å²) in [6.07, 6.45) is 5.18. The highest BCUT2D eigenvalue weighted by atomic mass is 16.2. The summed E-state index contributed by atoms with van der Waals surface area (Å²) in [5.41, 5.74) is -0.542. The van der Waals surface area contributed by atoms with E-state index in [9.17, 15) is 14.4 Å². The molecule has 21 heavy (non-hydrogen) atoms. The Labute approximate surface area is 124 Å². The van der Waals surface area contributed by atoms with E-state index in [-0.39, 0.29) is 0 Å². The summed E-state index contributed by atoms with van der Waals surface area (Å²) in [6.45, 7) is 5.74. The van der Waals surface area contributed by atoms with Crippen LogP contribution in [0.25, 0.3) is 0 Å². The van der Waals surface area contributed by atoms with Gasteiger partial charge < -0.3 is 4.79 Å². The third kappa shape index (κ3) is 2.42. The van der Waals surface area contributed by atoms with E-state index < -0.39 is 17.4 Å². The molecule has 4 nitrogen and oxygen atoms in total. The third-order valence-corrected chi connectivity index (χ3v) is 3.95. The van der Waals surface area contributed by atoms with Crippen LogP contribution < -0.4 is 0 Å². The lowest BCUT2D eigenvalue weighted by molar-refractivity contribution is -0.114. The first kappa shape index (κ1) is 15.2. The Morgan fingerprint density at radius 2 is 1.71 bits per heavy atom. The molecule has 0 aliphatic carbocycles. The molecule has 0 aromatic heterocycles. The zero-order chi connectivity index (χ0) is 15.5. The van der Waals surface area contributed by atoms with Gasteiger partial charge in [0.2, 0.25) is 0 Å². The largest absolute Gasteiger partial charge is 0.300 e. The quantitative estimate of drug-likeness (QED) is 0.335. The Kier molecular flexibility index (Phi) is 4.36. The van der Waals surface area contributed by atoms with Gasteiger partial charge in [0.1, 0.15) is 11.8 Å². The molecule has 1 atom stereocenters. The highest BCUT2D eigenvalue weighted by Gasteiger charge is 2.47. The van der Waals surface area contributed by atoms with Crippen LogP contribution in [0.4, 0.5) is 0 Å². The fourth-order valence-corrected chi connectivity index (χ4v) is 2.69. The zero-order valence-corrected chi connectivity index (χ0v) is 12.2. The number of hydrogen-bond acceptors (Lipinski definition) is 3. The van der Waals surface area contributed by atoms with Crippen molar-refractivity contribution in [2.45, 2.75) is 38.1 Å². The SMILES string of the molecule is C=CC(C=O)(CCCCC)N1C(=O)c2ccccc2C1=O. The van der Waals surface area contributed by atoms with Gasteiger partial charge >= 0.3 is 0 Å². The standard InChI is InChI=1S/C17H19NO3/c1-3-5-8-11-17(4-2,12-19)18-15(20)13-9-6-7-10-14(13)16(18)21/h4,6-7,9-10,12H,2-3,5,8,11H2,1H3. The number of carbonyl (C=O) groups excluding carboxylic acids is 3. The van der Waals surface area contributed by atoms with E-state index in [1.54, 1.807) is 24.3 Å². The minimum Gasteiger partial charge on any atom is -0.300 e. The van der Waals surface area contributed by atoms with Crippen LogP contribution in [0.3, 0.4) is 0 Å². The molecule has 0 fully saturated rings. The molecule has 110 valence electrons. The molecule has 1 aromatic carbocycles.